The van der Waals surface area contributed by atoms with Crippen LogP contribution in [0, 0.1) is 0 Å². The molecular weight excluding hydrogens is 462 g/mol. The normalized spacial score (nSPS) is 12.9. The lowest BCUT2D eigenvalue weighted by molar-refractivity contribution is -0.138. The van der Waals surface area contributed by atoms with Gasteiger partial charge in [0.2, 0.25) is 0 Å². The van der Waals surface area contributed by atoms with Gasteiger partial charge in [0.25, 0.3) is 0 Å². The number of pyridine rings is 2. The second-order valence-corrected chi connectivity index (χ2v) is 10.1. The van der Waals surface area contributed by atoms with Crippen LogP contribution in [0.25, 0.3) is 0 Å². The molecule has 2 aromatic rings. The second-order valence-electron chi connectivity index (χ2n) is 5.61. The molecule has 2 aromatic heterocycles. The highest BCUT2D eigenvalue weighted by atomic mass is 32.2. The van der Waals surface area contributed by atoms with Crippen LogP contribution in [0.4, 0.5) is 26.3 Å². The van der Waals surface area contributed by atoms with Crippen LogP contribution in [0.2, 0.25) is 0 Å². The molecule has 2 rings (SSSR count). The standard InChI is InChI=1S/C16H14F6N2O2S3/c17-15(18,19)11-1-3-13(23-9-11)27-5-7-29(25,26)8-6-28-14-4-2-12(10-24-14)16(20,21)22/h1-4,9-10H,5-8H2. The molecule has 0 saturated carbocycles. The number of rotatable bonds is 8. The fraction of sp³-hybridized carbons (Fsp3) is 0.375. The monoisotopic (exact) mass is 476 g/mol. The van der Waals surface area contributed by atoms with E-state index in [0.717, 1.165) is 35.7 Å². The van der Waals surface area contributed by atoms with E-state index in [1.807, 2.05) is 0 Å². The van der Waals surface area contributed by atoms with Crippen LogP contribution >= 0.6 is 23.5 Å². The van der Waals surface area contributed by atoms with Crippen LogP contribution in [-0.2, 0) is 22.2 Å². The SMILES string of the molecule is O=S(=O)(CCSc1ccc(C(F)(F)F)cn1)CCSc1ccc(C(F)(F)F)cn1. The summed E-state index contributed by atoms with van der Waals surface area (Å²) >= 11 is 2.03. The van der Waals surface area contributed by atoms with Crippen molar-refractivity contribution in [2.75, 3.05) is 23.0 Å². The van der Waals surface area contributed by atoms with Gasteiger partial charge in [0.05, 0.1) is 32.7 Å². The van der Waals surface area contributed by atoms with Crippen LogP contribution in [0.3, 0.4) is 0 Å². The average molecular weight is 476 g/mol. The first-order valence-corrected chi connectivity index (χ1v) is 11.7. The number of hydrogen-bond donors (Lipinski definition) is 0. The summed E-state index contributed by atoms with van der Waals surface area (Å²) in [4.78, 5) is 7.29. The molecule has 0 aromatic carbocycles. The third-order valence-electron chi connectivity index (χ3n) is 3.42. The maximum Gasteiger partial charge on any atom is 0.417 e. The van der Waals surface area contributed by atoms with Gasteiger partial charge in [0.15, 0.2) is 9.84 Å². The molecule has 0 unspecified atom stereocenters. The zero-order valence-electron chi connectivity index (χ0n) is 14.5. The third-order valence-corrected chi connectivity index (χ3v) is 7.48. The summed E-state index contributed by atoms with van der Waals surface area (Å²) < 4.78 is 98.8. The number of sulfone groups is 1. The molecule has 0 aliphatic heterocycles. The Balaban J connectivity index is 1.76. The zero-order valence-corrected chi connectivity index (χ0v) is 16.9. The smallest absolute Gasteiger partial charge is 0.249 e. The minimum absolute atomic E-state index is 0.115. The van der Waals surface area contributed by atoms with Crippen molar-refractivity contribution in [3.63, 3.8) is 0 Å². The Hall–Kier alpha value is -1.47. The quantitative estimate of drug-likeness (QED) is 0.403. The molecule has 0 aliphatic carbocycles. The molecule has 29 heavy (non-hydrogen) atoms. The van der Waals surface area contributed by atoms with Crippen molar-refractivity contribution in [2.24, 2.45) is 0 Å². The van der Waals surface area contributed by atoms with Crippen molar-refractivity contribution >= 4 is 33.4 Å². The van der Waals surface area contributed by atoms with Crippen molar-refractivity contribution in [2.45, 2.75) is 22.4 Å². The number of alkyl halides is 6. The molecule has 160 valence electrons. The number of halogens is 6. The van der Waals surface area contributed by atoms with Crippen molar-refractivity contribution in [3.05, 3.63) is 47.8 Å². The van der Waals surface area contributed by atoms with Crippen molar-refractivity contribution in [3.8, 4) is 0 Å². The first-order valence-electron chi connectivity index (χ1n) is 7.89. The molecule has 2 heterocycles. The summed E-state index contributed by atoms with van der Waals surface area (Å²) in [6, 6.07) is 4.09. The largest absolute Gasteiger partial charge is 0.417 e. The van der Waals surface area contributed by atoms with Gasteiger partial charge in [-0.15, -0.1) is 23.5 Å². The maximum absolute atomic E-state index is 12.5. The van der Waals surface area contributed by atoms with E-state index in [0.29, 0.717) is 12.4 Å². The van der Waals surface area contributed by atoms with Crippen LogP contribution < -0.4 is 0 Å². The fourth-order valence-corrected chi connectivity index (χ4v) is 5.82. The maximum atomic E-state index is 12.5. The van der Waals surface area contributed by atoms with E-state index in [1.54, 1.807) is 0 Å². The van der Waals surface area contributed by atoms with E-state index in [-0.39, 0.29) is 33.1 Å². The molecule has 0 saturated heterocycles. The summed E-state index contributed by atoms with van der Waals surface area (Å²) in [5.74, 6) is -0.184. The molecule has 0 aliphatic rings. The number of nitrogens with zero attached hydrogens (tertiary/aromatic N) is 2. The van der Waals surface area contributed by atoms with Crippen molar-refractivity contribution < 1.29 is 34.8 Å². The highest BCUT2D eigenvalue weighted by Crippen LogP contribution is 2.30. The van der Waals surface area contributed by atoms with E-state index >= 15 is 0 Å². The van der Waals surface area contributed by atoms with Gasteiger partial charge in [-0.2, -0.15) is 26.3 Å². The van der Waals surface area contributed by atoms with Gasteiger partial charge in [-0.25, -0.2) is 18.4 Å². The summed E-state index contributed by atoms with van der Waals surface area (Å²) in [5.41, 5.74) is -1.77. The molecule has 0 atom stereocenters. The average Bonchev–Trinajstić information content (AvgIpc) is 2.61. The third kappa shape index (κ3) is 8.05. The van der Waals surface area contributed by atoms with Gasteiger partial charge >= 0.3 is 12.4 Å². The molecule has 0 spiro atoms. The summed E-state index contributed by atoms with van der Waals surface area (Å²) in [6.07, 6.45) is -7.60. The van der Waals surface area contributed by atoms with Crippen LogP contribution in [0.15, 0.2) is 46.7 Å². The summed E-state index contributed by atoms with van der Waals surface area (Å²) in [6.45, 7) is 0. The highest BCUT2D eigenvalue weighted by Gasteiger charge is 2.31. The van der Waals surface area contributed by atoms with Crippen LogP contribution in [-0.4, -0.2) is 41.4 Å². The van der Waals surface area contributed by atoms with Gasteiger partial charge in [-0.1, -0.05) is 0 Å². The lowest BCUT2D eigenvalue weighted by Crippen LogP contribution is -2.14. The predicted molar refractivity (Wildman–Crippen MR) is 98.6 cm³/mol. The molecule has 0 amide bonds. The lowest BCUT2D eigenvalue weighted by Gasteiger charge is -2.08. The molecule has 0 radical (unpaired) electrons. The Kier molecular flexibility index (Phi) is 7.85. The molecule has 0 N–H and O–H groups in total. The number of aromatic nitrogens is 2. The Morgan fingerprint density at radius 3 is 1.38 bits per heavy atom. The molecule has 0 fully saturated rings. The highest BCUT2D eigenvalue weighted by molar-refractivity contribution is 8.01. The van der Waals surface area contributed by atoms with Crippen LogP contribution in [0.5, 0.6) is 0 Å². The zero-order chi connectivity index (χ0) is 21.7. The minimum Gasteiger partial charge on any atom is -0.249 e. The van der Waals surface area contributed by atoms with Gasteiger partial charge in [0, 0.05) is 23.9 Å². The van der Waals surface area contributed by atoms with E-state index < -0.39 is 33.3 Å². The fourth-order valence-electron chi connectivity index (χ4n) is 1.92. The Labute approximate surface area is 171 Å². The Bertz CT molecular complexity index is 829. The molecule has 13 heteroatoms. The topological polar surface area (TPSA) is 59.9 Å². The first-order chi connectivity index (χ1) is 13.4. The molecule has 4 nitrogen and oxygen atoms in total. The Morgan fingerprint density at radius 2 is 1.10 bits per heavy atom. The molecule has 0 bridgehead atoms. The predicted octanol–water partition coefficient (Wildman–Crippen LogP) is 4.81. The van der Waals surface area contributed by atoms with Crippen molar-refractivity contribution in [1.82, 2.24) is 9.97 Å². The minimum atomic E-state index is -4.49. The van der Waals surface area contributed by atoms with E-state index in [4.69, 9.17) is 0 Å². The van der Waals surface area contributed by atoms with E-state index in [2.05, 4.69) is 9.97 Å². The molecular formula is C16H14F6N2O2S3. The van der Waals surface area contributed by atoms with Gasteiger partial charge in [-0.05, 0) is 24.3 Å². The lowest BCUT2D eigenvalue weighted by atomic mass is 10.3. The number of thioether (sulfide) groups is 2. The van der Waals surface area contributed by atoms with E-state index in [1.165, 1.54) is 12.1 Å². The first kappa shape index (κ1) is 23.8. The Morgan fingerprint density at radius 1 is 0.724 bits per heavy atom. The van der Waals surface area contributed by atoms with Crippen LogP contribution in [0.1, 0.15) is 11.1 Å². The number of hydrogen-bond acceptors (Lipinski definition) is 6. The summed E-state index contributed by atoms with van der Waals surface area (Å²) in [7, 11) is -3.44. The van der Waals surface area contributed by atoms with Gasteiger partial charge in [0.1, 0.15) is 0 Å². The summed E-state index contributed by atoms with van der Waals surface area (Å²) in [5, 5.41) is 0.549. The van der Waals surface area contributed by atoms with E-state index in [9.17, 15) is 34.8 Å². The van der Waals surface area contributed by atoms with Gasteiger partial charge in [-0.3, -0.25) is 0 Å². The second kappa shape index (κ2) is 9.56. The van der Waals surface area contributed by atoms with Crippen molar-refractivity contribution in [1.29, 1.82) is 0 Å². The van der Waals surface area contributed by atoms with Gasteiger partial charge < -0.3 is 0 Å².